The van der Waals surface area contributed by atoms with E-state index < -0.39 is 0 Å². The van der Waals surface area contributed by atoms with Gasteiger partial charge in [0.1, 0.15) is 5.82 Å². The number of nitrogens with zero attached hydrogens (tertiary/aromatic N) is 4. The number of piperazine rings is 1. The number of anilines is 1. The molecule has 0 atom stereocenters. The Balaban J connectivity index is 1.22. The second kappa shape index (κ2) is 8.78. The first-order valence-corrected chi connectivity index (χ1v) is 10.6. The second-order valence-electron chi connectivity index (χ2n) is 8.26. The minimum absolute atomic E-state index is 0.112. The van der Waals surface area contributed by atoms with E-state index in [1.165, 1.54) is 5.56 Å². The fraction of sp³-hybridized carbons (Fsp3) is 0.417. The van der Waals surface area contributed by atoms with Crippen LogP contribution in [0.15, 0.2) is 54.7 Å². The summed E-state index contributed by atoms with van der Waals surface area (Å²) in [5.74, 6) is 1.70. The Morgan fingerprint density at radius 3 is 2.38 bits per heavy atom. The number of carbonyl (C=O) groups is 1. The number of hydrogen-bond donors (Lipinski definition) is 0. The molecule has 152 valence electrons. The van der Waals surface area contributed by atoms with Gasteiger partial charge in [-0.15, -0.1) is 0 Å². The highest BCUT2D eigenvalue weighted by Crippen LogP contribution is 2.20. The first-order chi connectivity index (χ1) is 14.1. The summed E-state index contributed by atoms with van der Waals surface area (Å²) in [4.78, 5) is 23.7. The summed E-state index contributed by atoms with van der Waals surface area (Å²) in [5.41, 5.74) is 2.40. The van der Waals surface area contributed by atoms with Crippen LogP contribution in [0.4, 0.5) is 5.82 Å². The molecule has 29 heavy (non-hydrogen) atoms. The van der Waals surface area contributed by atoms with Crippen LogP contribution in [0.5, 0.6) is 0 Å². The van der Waals surface area contributed by atoms with Crippen molar-refractivity contribution < 1.29 is 4.79 Å². The van der Waals surface area contributed by atoms with Crippen LogP contribution in [-0.2, 0) is 4.79 Å². The maximum absolute atomic E-state index is 12.4. The molecule has 5 nitrogen and oxygen atoms in total. The van der Waals surface area contributed by atoms with Crippen molar-refractivity contribution in [2.75, 3.05) is 44.2 Å². The standard InChI is InChI=1S/C24H30N4O/c1-19(2)21-9-6-20(7-10-21)8-11-24(29)28-17-22(18-28)26-13-15-27(16-14-26)23-5-3-4-12-25-23/h3-12,19,22H,13-18H2,1-2H3. The van der Waals surface area contributed by atoms with E-state index in [1.54, 1.807) is 6.08 Å². The third kappa shape index (κ3) is 4.67. The van der Waals surface area contributed by atoms with Crippen molar-refractivity contribution in [3.05, 3.63) is 65.9 Å². The Morgan fingerprint density at radius 1 is 1.03 bits per heavy atom. The molecule has 1 aromatic heterocycles. The molecule has 2 aliphatic rings. The molecule has 2 aromatic rings. The number of benzene rings is 1. The normalized spacial score (nSPS) is 18.4. The fourth-order valence-corrected chi connectivity index (χ4v) is 3.99. The number of aromatic nitrogens is 1. The fourth-order valence-electron chi connectivity index (χ4n) is 3.99. The minimum Gasteiger partial charge on any atom is -0.354 e. The van der Waals surface area contributed by atoms with Gasteiger partial charge in [-0.1, -0.05) is 44.2 Å². The maximum atomic E-state index is 12.4. The van der Waals surface area contributed by atoms with Crippen LogP contribution in [0, 0.1) is 0 Å². The first-order valence-electron chi connectivity index (χ1n) is 10.6. The monoisotopic (exact) mass is 390 g/mol. The van der Waals surface area contributed by atoms with Crippen molar-refractivity contribution in [2.24, 2.45) is 0 Å². The van der Waals surface area contributed by atoms with E-state index in [1.807, 2.05) is 29.3 Å². The van der Waals surface area contributed by atoms with Crippen molar-refractivity contribution in [3.8, 4) is 0 Å². The molecule has 1 amide bonds. The molecule has 4 rings (SSSR count). The van der Waals surface area contributed by atoms with Crippen molar-refractivity contribution in [2.45, 2.75) is 25.8 Å². The Bertz CT molecular complexity index is 833. The number of hydrogen-bond acceptors (Lipinski definition) is 4. The van der Waals surface area contributed by atoms with Gasteiger partial charge in [0.25, 0.3) is 0 Å². The van der Waals surface area contributed by atoms with Crippen LogP contribution in [0.25, 0.3) is 6.08 Å². The molecule has 0 radical (unpaired) electrons. The van der Waals surface area contributed by atoms with Crippen LogP contribution >= 0.6 is 0 Å². The quantitative estimate of drug-likeness (QED) is 0.735. The summed E-state index contributed by atoms with van der Waals surface area (Å²) in [5, 5.41) is 0. The van der Waals surface area contributed by atoms with E-state index >= 15 is 0 Å². The topological polar surface area (TPSA) is 39.7 Å². The Labute approximate surface area is 173 Å². The molecule has 0 aliphatic carbocycles. The summed E-state index contributed by atoms with van der Waals surface area (Å²) in [6.45, 7) is 10.1. The molecule has 2 aliphatic heterocycles. The highest BCUT2D eigenvalue weighted by atomic mass is 16.2. The molecule has 0 spiro atoms. The number of pyridine rings is 1. The highest BCUT2D eigenvalue weighted by Gasteiger charge is 2.35. The highest BCUT2D eigenvalue weighted by molar-refractivity contribution is 5.92. The zero-order valence-electron chi connectivity index (χ0n) is 17.4. The largest absolute Gasteiger partial charge is 0.354 e. The van der Waals surface area contributed by atoms with Gasteiger partial charge in [-0.2, -0.15) is 0 Å². The van der Waals surface area contributed by atoms with Crippen molar-refractivity contribution >= 4 is 17.8 Å². The van der Waals surface area contributed by atoms with Gasteiger partial charge in [-0.3, -0.25) is 9.69 Å². The summed E-state index contributed by atoms with van der Waals surface area (Å²) < 4.78 is 0. The van der Waals surface area contributed by atoms with Crippen LogP contribution in [0.1, 0.15) is 30.9 Å². The number of rotatable bonds is 5. The van der Waals surface area contributed by atoms with E-state index in [9.17, 15) is 4.79 Å². The molecular formula is C24H30N4O. The van der Waals surface area contributed by atoms with Crippen molar-refractivity contribution in [1.82, 2.24) is 14.8 Å². The molecule has 0 bridgehead atoms. The van der Waals surface area contributed by atoms with E-state index in [0.717, 1.165) is 50.6 Å². The minimum atomic E-state index is 0.112. The van der Waals surface area contributed by atoms with Gasteiger partial charge in [0.15, 0.2) is 0 Å². The lowest BCUT2D eigenvalue weighted by molar-refractivity contribution is -0.133. The smallest absolute Gasteiger partial charge is 0.246 e. The Kier molecular flexibility index (Phi) is 5.95. The predicted octanol–water partition coefficient (Wildman–Crippen LogP) is 3.25. The first kappa shape index (κ1) is 19.6. The average molecular weight is 391 g/mol. The average Bonchev–Trinajstić information content (AvgIpc) is 2.72. The summed E-state index contributed by atoms with van der Waals surface area (Å²) >= 11 is 0. The van der Waals surface area contributed by atoms with Crippen molar-refractivity contribution in [3.63, 3.8) is 0 Å². The number of carbonyl (C=O) groups excluding carboxylic acids is 1. The maximum Gasteiger partial charge on any atom is 0.246 e. The second-order valence-corrected chi connectivity index (χ2v) is 8.26. The van der Waals surface area contributed by atoms with Gasteiger partial charge in [-0.25, -0.2) is 4.98 Å². The van der Waals surface area contributed by atoms with Gasteiger partial charge in [0.2, 0.25) is 5.91 Å². The lowest BCUT2D eigenvalue weighted by Gasteiger charge is -2.48. The Hall–Kier alpha value is -2.66. The van der Waals surface area contributed by atoms with Gasteiger partial charge >= 0.3 is 0 Å². The number of likely N-dealkylation sites (tertiary alicyclic amines) is 1. The molecule has 1 aromatic carbocycles. The van der Waals surface area contributed by atoms with Crippen molar-refractivity contribution in [1.29, 1.82) is 0 Å². The SMILES string of the molecule is CC(C)c1ccc(C=CC(=O)N2CC(N3CCN(c4ccccn4)CC3)C2)cc1. The van der Waals surface area contributed by atoms with Gasteiger partial charge < -0.3 is 9.80 Å². The van der Waals surface area contributed by atoms with Gasteiger partial charge in [0, 0.05) is 57.6 Å². The van der Waals surface area contributed by atoms with Gasteiger partial charge in [0.05, 0.1) is 0 Å². The predicted molar refractivity (Wildman–Crippen MR) is 118 cm³/mol. The molecule has 2 fully saturated rings. The lowest BCUT2D eigenvalue weighted by Crippen LogP contribution is -2.64. The third-order valence-corrected chi connectivity index (χ3v) is 6.00. The molecule has 0 unspecified atom stereocenters. The molecule has 3 heterocycles. The third-order valence-electron chi connectivity index (χ3n) is 6.00. The molecule has 0 saturated carbocycles. The summed E-state index contributed by atoms with van der Waals surface area (Å²) in [6.07, 6.45) is 5.48. The molecule has 2 saturated heterocycles. The van der Waals surface area contributed by atoms with E-state index in [4.69, 9.17) is 0 Å². The Morgan fingerprint density at radius 2 is 1.76 bits per heavy atom. The van der Waals surface area contributed by atoms with Crippen LogP contribution in [-0.4, -0.2) is 66.0 Å². The van der Waals surface area contributed by atoms with Gasteiger partial charge in [-0.05, 0) is 35.3 Å². The summed E-state index contributed by atoms with van der Waals surface area (Å²) in [6, 6.07) is 15.0. The zero-order valence-corrected chi connectivity index (χ0v) is 17.4. The van der Waals surface area contributed by atoms with E-state index in [-0.39, 0.29) is 5.91 Å². The van der Waals surface area contributed by atoms with Crippen LogP contribution in [0.3, 0.4) is 0 Å². The summed E-state index contributed by atoms with van der Waals surface area (Å²) in [7, 11) is 0. The zero-order chi connectivity index (χ0) is 20.2. The lowest BCUT2D eigenvalue weighted by atomic mass is 10.0. The van der Waals surface area contributed by atoms with Crippen LogP contribution in [0.2, 0.25) is 0 Å². The molecular weight excluding hydrogens is 360 g/mol. The van der Waals surface area contributed by atoms with Crippen LogP contribution < -0.4 is 4.90 Å². The number of amides is 1. The van der Waals surface area contributed by atoms with E-state index in [0.29, 0.717) is 12.0 Å². The van der Waals surface area contributed by atoms with E-state index in [2.05, 4.69) is 59.0 Å². The molecule has 5 heteroatoms. The molecule has 0 N–H and O–H groups in total.